The summed E-state index contributed by atoms with van der Waals surface area (Å²) in [5.41, 5.74) is 1.32. The van der Waals surface area contributed by atoms with Gasteiger partial charge < -0.3 is 4.90 Å². The van der Waals surface area contributed by atoms with Crippen molar-refractivity contribution in [2.24, 2.45) is 7.05 Å². The number of nitrogens with zero attached hydrogens (tertiary/aromatic N) is 7. The molecule has 7 nitrogen and oxygen atoms in total. The van der Waals surface area contributed by atoms with E-state index in [1.807, 2.05) is 41.8 Å². The zero-order valence-electron chi connectivity index (χ0n) is 14.0. The third kappa shape index (κ3) is 2.66. The molecule has 3 aromatic rings. The molecule has 7 heteroatoms. The summed E-state index contributed by atoms with van der Waals surface area (Å²) in [5.74, 6) is 3.23. The SMILES string of the molecule is Cc1nccn1-c1cncc(N2CCC(c3ccnn3C)CC2)n1. The van der Waals surface area contributed by atoms with Crippen LogP contribution in [0.25, 0.3) is 5.82 Å². The van der Waals surface area contributed by atoms with Gasteiger partial charge in [-0.05, 0) is 25.8 Å². The fourth-order valence-electron chi connectivity index (χ4n) is 3.42. The second kappa shape index (κ2) is 6.07. The minimum atomic E-state index is 0.570. The number of piperidine rings is 1. The smallest absolute Gasteiger partial charge is 0.159 e. The molecule has 4 heterocycles. The Morgan fingerprint density at radius 3 is 2.54 bits per heavy atom. The standard InChI is InChI=1S/C17H21N7/c1-13-19-7-10-24(13)17-12-18-11-16(21-17)23-8-4-14(5-9-23)15-3-6-20-22(15)2/h3,6-7,10-12,14H,4-5,8-9H2,1-2H3. The highest BCUT2D eigenvalue weighted by Crippen LogP contribution is 2.29. The van der Waals surface area contributed by atoms with Gasteiger partial charge in [0.1, 0.15) is 11.6 Å². The predicted octanol–water partition coefficient (Wildman–Crippen LogP) is 2.09. The molecule has 0 radical (unpaired) electrons. The van der Waals surface area contributed by atoms with Gasteiger partial charge in [-0.2, -0.15) is 5.10 Å². The molecule has 1 aliphatic heterocycles. The van der Waals surface area contributed by atoms with E-state index in [0.717, 1.165) is 43.4 Å². The first kappa shape index (κ1) is 14.9. The van der Waals surface area contributed by atoms with Crippen LogP contribution in [0.1, 0.15) is 30.3 Å². The average Bonchev–Trinajstić information content (AvgIpc) is 3.23. The molecule has 124 valence electrons. The molecular formula is C17H21N7. The number of hydrogen-bond donors (Lipinski definition) is 0. The van der Waals surface area contributed by atoms with Gasteiger partial charge >= 0.3 is 0 Å². The molecule has 1 fully saturated rings. The van der Waals surface area contributed by atoms with Gasteiger partial charge in [-0.15, -0.1) is 0 Å². The van der Waals surface area contributed by atoms with Crippen molar-refractivity contribution in [1.82, 2.24) is 29.3 Å². The first-order valence-electron chi connectivity index (χ1n) is 8.27. The Labute approximate surface area is 141 Å². The summed E-state index contributed by atoms with van der Waals surface area (Å²) in [5, 5.41) is 4.29. The lowest BCUT2D eigenvalue weighted by atomic mass is 9.93. The van der Waals surface area contributed by atoms with E-state index in [0.29, 0.717) is 5.92 Å². The van der Waals surface area contributed by atoms with Crippen molar-refractivity contribution in [3.63, 3.8) is 0 Å². The van der Waals surface area contributed by atoms with Gasteiger partial charge in [-0.25, -0.2) is 9.97 Å². The molecule has 0 aromatic carbocycles. The molecule has 0 spiro atoms. The van der Waals surface area contributed by atoms with E-state index in [2.05, 4.69) is 26.0 Å². The number of rotatable bonds is 3. The van der Waals surface area contributed by atoms with Gasteiger partial charge in [-0.1, -0.05) is 0 Å². The average molecular weight is 323 g/mol. The summed E-state index contributed by atoms with van der Waals surface area (Å²) in [6, 6.07) is 2.13. The van der Waals surface area contributed by atoms with Gasteiger partial charge in [0.25, 0.3) is 0 Å². The monoisotopic (exact) mass is 323 g/mol. The summed E-state index contributed by atoms with van der Waals surface area (Å²) in [7, 11) is 2.02. The molecule has 0 atom stereocenters. The lowest BCUT2D eigenvalue weighted by Crippen LogP contribution is -2.34. The van der Waals surface area contributed by atoms with E-state index >= 15 is 0 Å². The van der Waals surface area contributed by atoms with Gasteiger partial charge in [0.05, 0.1) is 12.4 Å². The van der Waals surface area contributed by atoms with Crippen LogP contribution in [0, 0.1) is 6.92 Å². The highest BCUT2D eigenvalue weighted by molar-refractivity contribution is 5.40. The lowest BCUT2D eigenvalue weighted by molar-refractivity contribution is 0.475. The largest absolute Gasteiger partial charge is 0.355 e. The quantitative estimate of drug-likeness (QED) is 0.738. The van der Waals surface area contributed by atoms with Crippen molar-refractivity contribution in [3.8, 4) is 5.82 Å². The van der Waals surface area contributed by atoms with Crippen molar-refractivity contribution in [1.29, 1.82) is 0 Å². The van der Waals surface area contributed by atoms with Gasteiger partial charge in [-0.3, -0.25) is 14.2 Å². The number of hydrogen-bond acceptors (Lipinski definition) is 5. The second-order valence-electron chi connectivity index (χ2n) is 6.22. The van der Waals surface area contributed by atoms with Crippen molar-refractivity contribution in [2.45, 2.75) is 25.7 Å². The molecule has 0 saturated carbocycles. The van der Waals surface area contributed by atoms with Crippen molar-refractivity contribution >= 4 is 5.82 Å². The minimum absolute atomic E-state index is 0.570. The zero-order valence-corrected chi connectivity index (χ0v) is 14.0. The fourth-order valence-corrected chi connectivity index (χ4v) is 3.42. The minimum Gasteiger partial charge on any atom is -0.355 e. The number of aryl methyl sites for hydroxylation is 2. The van der Waals surface area contributed by atoms with Crippen molar-refractivity contribution in [3.05, 3.63) is 48.6 Å². The van der Waals surface area contributed by atoms with Crippen LogP contribution >= 0.6 is 0 Å². The van der Waals surface area contributed by atoms with E-state index in [1.165, 1.54) is 5.69 Å². The van der Waals surface area contributed by atoms with Crippen LogP contribution in [0.5, 0.6) is 0 Å². The molecule has 4 rings (SSSR count). The summed E-state index contributed by atoms with van der Waals surface area (Å²) in [4.78, 5) is 15.7. The lowest BCUT2D eigenvalue weighted by Gasteiger charge is -2.32. The third-order valence-electron chi connectivity index (χ3n) is 4.78. The maximum atomic E-state index is 4.77. The zero-order chi connectivity index (χ0) is 16.5. The topological polar surface area (TPSA) is 64.7 Å². The molecule has 0 aliphatic carbocycles. The second-order valence-corrected chi connectivity index (χ2v) is 6.22. The summed E-state index contributed by atoms with van der Waals surface area (Å²) >= 11 is 0. The van der Waals surface area contributed by atoms with E-state index in [1.54, 1.807) is 12.4 Å². The molecule has 0 unspecified atom stereocenters. The Morgan fingerprint density at radius 2 is 1.88 bits per heavy atom. The molecule has 24 heavy (non-hydrogen) atoms. The van der Waals surface area contributed by atoms with Crippen LogP contribution in [0.3, 0.4) is 0 Å². The van der Waals surface area contributed by atoms with Crippen LogP contribution in [-0.2, 0) is 7.05 Å². The Balaban J connectivity index is 1.50. The highest BCUT2D eigenvalue weighted by atomic mass is 15.3. The summed E-state index contributed by atoms with van der Waals surface area (Å²) in [6.07, 6.45) is 11.4. The predicted molar refractivity (Wildman–Crippen MR) is 91.3 cm³/mol. The Kier molecular flexibility index (Phi) is 3.76. The van der Waals surface area contributed by atoms with E-state index < -0.39 is 0 Å². The molecule has 0 amide bonds. The van der Waals surface area contributed by atoms with E-state index in [9.17, 15) is 0 Å². The first-order valence-corrected chi connectivity index (χ1v) is 8.27. The Morgan fingerprint density at radius 1 is 1.08 bits per heavy atom. The molecule has 1 saturated heterocycles. The van der Waals surface area contributed by atoms with Crippen LogP contribution in [0.4, 0.5) is 5.82 Å². The molecule has 0 N–H and O–H groups in total. The van der Waals surface area contributed by atoms with Crippen molar-refractivity contribution in [2.75, 3.05) is 18.0 Å². The van der Waals surface area contributed by atoms with Gasteiger partial charge in [0.2, 0.25) is 0 Å². The highest BCUT2D eigenvalue weighted by Gasteiger charge is 2.23. The van der Waals surface area contributed by atoms with Crippen LogP contribution in [0.2, 0.25) is 0 Å². The van der Waals surface area contributed by atoms with Crippen LogP contribution in [-0.4, -0.2) is 42.4 Å². The van der Waals surface area contributed by atoms with Crippen LogP contribution in [0.15, 0.2) is 37.1 Å². The third-order valence-corrected chi connectivity index (χ3v) is 4.78. The maximum Gasteiger partial charge on any atom is 0.159 e. The fraction of sp³-hybridized carbons (Fsp3) is 0.412. The van der Waals surface area contributed by atoms with Crippen LogP contribution < -0.4 is 4.90 Å². The Hall–Kier alpha value is -2.70. The Bertz CT molecular complexity index is 827. The molecular weight excluding hydrogens is 302 g/mol. The number of imidazole rings is 1. The van der Waals surface area contributed by atoms with E-state index in [-0.39, 0.29) is 0 Å². The molecule has 1 aliphatic rings. The summed E-state index contributed by atoms with van der Waals surface area (Å²) in [6.45, 7) is 3.93. The maximum absolute atomic E-state index is 4.77. The van der Waals surface area contributed by atoms with Crippen molar-refractivity contribution < 1.29 is 0 Å². The first-order chi connectivity index (χ1) is 11.7. The van der Waals surface area contributed by atoms with E-state index in [4.69, 9.17) is 4.98 Å². The normalized spacial score (nSPS) is 15.8. The summed E-state index contributed by atoms with van der Waals surface area (Å²) < 4.78 is 3.95. The van der Waals surface area contributed by atoms with Gasteiger partial charge in [0.15, 0.2) is 5.82 Å². The number of aromatic nitrogens is 6. The van der Waals surface area contributed by atoms with Gasteiger partial charge in [0, 0.05) is 50.3 Å². The number of anilines is 1. The molecule has 0 bridgehead atoms. The molecule has 3 aromatic heterocycles.